The van der Waals surface area contributed by atoms with Gasteiger partial charge in [0.2, 0.25) is 0 Å². The highest BCUT2D eigenvalue weighted by atomic mass is 79.9. The summed E-state index contributed by atoms with van der Waals surface area (Å²) in [6.07, 6.45) is 4.88. The van der Waals surface area contributed by atoms with E-state index in [1.165, 1.54) is 35.0 Å². The van der Waals surface area contributed by atoms with Gasteiger partial charge in [-0.25, -0.2) is 0 Å². The first-order valence-electron chi connectivity index (χ1n) is 7.35. The van der Waals surface area contributed by atoms with E-state index < -0.39 is 0 Å². The molecule has 0 aromatic heterocycles. The molecule has 0 unspecified atom stereocenters. The molecular formula is C16H26BrN3. The molecule has 1 aromatic rings. The summed E-state index contributed by atoms with van der Waals surface area (Å²) in [5.74, 6) is 0. The van der Waals surface area contributed by atoms with Gasteiger partial charge in [0.1, 0.15) is 0 Å². The van der Waals surface area contributed by atoms with Crippen LogP contribution < -0.4 is 10.6 Å². The molecule has 0 aliphatic heterocycles. The fraction of sp³-hybridized carbons (Fsp3) is 0.625. The molecular weight excluding hydrogens is 314 g/mol. The van der Waals surface area contributed by atoms with Crippen molar-refractivity contribution in [1.29, 1.82) is 0 Å². The molecule has 4 heteroatoms. The molecule has 1 aliphatic carbocycles. The third-order valence-corrected chi connectivity index (χ3v) is 5.26. The molecule has 1 aromatic carbocycles. The number of likely N-dealkylation sites (N-methyl/N-ethyl adjacent to an activating group) is 2. The largest absolute Gasteiger partial charge is 0.372 e. The first kappa shape index (κ1) is 15.8. The lowest BCUT2D eigenvalue weighted by Crippen LogP contribution is -2.56. The highest BCUT2D eigenvalue weighted by molar-refractivity contribution is 9.10. The molecule has 0 bridgehead atoms. The highest BCUT2D eigenvalue weighted by Crippen LogP contribution is 2.38. The van der Waals surface area contributed by atoms with Crippen LogP contribution in [0, 0.1) is 0 Å². The van der Waals surface area contributed by atoms with E-state index >= 15 is 0 Å². The molecule has 20 heavy (non-hydrogen) atoms. The molecule has 0 atom stereocenters. The predicted molar refractivity (Wildman–Crippen MR) is 90.4 cm³/mol. The molecule has 1 aliphatic rings. The topological polar surface area (TPSA) is 32.5 Å². The fourth-order valence-electron chi connectivity index (χ4n) is 3.04. The van der Waals surface area contributed by atoms with Gasteiger partial charge in [0.15, 0.2) is 0 Å². The van der Waals surface area contributed by atoms with Crippen LogP contribution in [-0.4, -0.2) is 44.7 Å². The van der Waals surface area contributed by atoms with Crippen molar-refractivity contribution in [2.75, 3.05) is 39.1 Å². The van der Waals surface area contributed by atoms with Gasteiger partial charge in [-0.1, -0.05) is 6.07 Å². The van der Waals surface area contributed by atoms with Crippen LogP contribution in [0.25, 0.3) is 0 Å². The molecule has 1 saturated carbocycles. The maximum Gasteiger partial charge on any atom is 0.0508 e. The number of nitrogens with zero attached hydrogens (tertiary/aromatic N) is 2. The van der Waals surface area contributed by atoms with Gasteiger partial charge in [-0.3, -0.25) is 0 Å². The maximum atomic E-state index is 5.62. The molecule has 0 heterocycles. The molecule has 0 radical (unpaired) electrons. The van der Waals surface area contributed by atoms with Crippen LogP contribution in [0.15, 0.2) is 22.7 Å². The summed E-state index contributed by atoms with van der Waals surface area (Å²) in [5, 5.41) is 0. The Bertz CT molecular complexity index is 455. The van der Waals surface area contributed by atoms with E-state index in [1.807, 2.05) is 0 Å². The van der Waals surface area contributed by atoms with Gasteiger partial charge < -0.3 is 15.5 Å². The monoisotopic (exact) mass is 339 g/mol. The summed E-state index contributed by atoms with van der Waals surface area (Å²) < 4.78 is 1.17. The van der Waals surface area contributed by atoms with Crippen molar-refractivity contribution >= 4 is 21.6 Å². The SMILES string of the molecule is CN(CC1(N(C)C)CCC1)c1ccc(CCN)cc1Br. The summed E-state index contributed by atoms with van der Waals surface area (Å²) in [4.78, 5) is 4.76. The summed E-state index contributed by atoms with van der Waals surface area (Å²) in [5.41, 5.74) is 8.53. The Labute approximate surface area is 131 Å². The second-order valence-corrected chi connectivity index (χ2v) is 7.01. The van der Waals surface area contributed by atoms with Crippen molar-refractivity contribution in [3.63, 3.8) is 0 Å². The number of rotatable bonds is 6. The maximum absolute atomic E-state index is 5.62. The van der Waals surface area contributed by atoms with Gasteiger partial charge >= 0.3 is 0 Å². The van der Waals surface area contributed by atoms with E-state index in [9.17, 15) is 0 Å². The average molecular weight is 340 g/mol. The normalized spacial score (nSPS) is 17.1. The van der Waals surface area contributed by atoms with E-state index in [0.29, 0.717) is 12.1 Å². The molecule has 2 rings (SSSR count). The van der Waals surface area contributed by atoms with Crippen LogP contribution in [0.5, 0.6) is 0 Å². The zero-order chi connectivity index (χ0) is 14.8. The van der Waals surface area contributed by atoms with Crippen molar-refractivity contribution in [2.24, 2.45) is 5.73 Å². The van der Waals surface area contributed by atoms with Crippen molar-refractivity contribution in [3.8, 4) is 0 Å². The molecule has 0 saturated heterocycles. The third-order valence-electron chi connectivity index (χ3n) is 4.62. The Morgan fingerprint density at radius 1 is 1.25 bits per heavy atom. The lowest BCUT2D eigenvalue weighted by Gasteiger charge is -2.49. The minimum absolute atomic E-state index is 0.351. The van der Waals surface area contributed by atoms with Crippen LogP contribution in [0.4, 0.5) is 5.69 Å². The fourth-order valence-corrected chi connectivity index (χ4v) is 3.77. The second kappa shape index (κ2) is 6.46. The second-order valence-electron chi connectivity index (χ2n) is 6.15. The van der Waals surface area contributed by atoms with Gasteiger partial charge in [-0.15, -0.1) is 0 Å². The molecule has 3 nitrogen and oxygen atoms in total. The third kappa shape index (κ3) is 3.18. The standard InChI is InChI=1S/C16H26BrN3/c1-19(2)16(8-4-9-16)12-20(3)15-6-5-13(7-10-18)11-14(15)17/h5-6,11H,4,7-10,12,18H2,1-3H3. The number of hydrogen-bond acceptors (Lipinski definition) is 3. The Hall–Kier alpha value is -0.580. The lowest BCUT2D eigenvalue weighted by atomic mass is 9.75. The minimum atomic E-state index is 0.351. The van der Waals surface area contributed by atoms with E-state index in [2.05, 4.69) is 65.1 Å². The van der Waals surface area contributed by atoms with Crippen LogP contribution in [0.2, 0.25) is 0 Å². The van der Waals surface area contributed by atoms with Crippen molar-refractivity contribution < 1.29 is 0 Å². The Morgan fingerprint density at radius 3 is 2.40 bits per heavy atom. The molecule has 0 amide bonds. The van der Waals surface area contributed by atoms with Crippen molar-refractivity contribution in [2.45, 2.75) is 31.2 Å². The Kier molecular flexibility index (Phi) is 5.10. The lowest BCUT2D eigenvalue weighted by molar-refractivity contribution is 0.0683. The van der Waals surface area contributed by atoms with E-state index in [-0.39, 0.29) is 0 Å². The Morgan fingerprint density at radius 2 is 1.95 bits per heavy atom. The number of nitrogens with two attached hydrogens (primary N) is 1. The first-order chi connectivity index (χ1) is 9.48. The number of benzene rings is 1. The van der Waals surface area contributed by atoms with Gasteiger partial charge in [-0.05, 0) is 79.9 Å². The summed E-state index contributed by atoms with van der Waals surface area (Å²) >= 11 is 3.71. The molecule has 112 valence electrons. The number of halogens is 1. The van der Waals surface area contributed by atoms with Crippen LogP contribution in [-0.2, 0) is 6.42 Å². The predicted octanol–water partition coefficient (Wildman–Crippen LogP) is 2.87. The molecule has 1 fully saturated rings. The van der Waals surface area contributed by atoms with E-state index in [4.69, 9.17) is 5.73 Å². The minimum Gasteiger partial charge on any atom is -0.372 e. The Balaban J connectivity index is 2.11. The number of anilines is 1. The summed E-state index contributed by atoms with van der Waals surface area (Å²) in [7, 11) is 6.59. The van der Waals surface area contributed by atoms with Gasteiger partial charge in [-0.2, -0.15) is 0 Å². The first-order valence-corrected chi connectivity index (χ1v) is 8.15. The van der Waals surface area contributed by atoms with Gasteiger partial charge in [0.25, 0.3) is 0 Å². The van der Waals surface area contributed by atoms with Gasteiger partial charge in [0.05, 0.1) is 5.69 Å². The smallest absolute Gasteiger partial charge is 0.0508 e. The average Bonchev–Trinajstić information content (AvgIpc) is 2.33. The van der Waals surface area contributed by atoms with E-state index in [1.54, 1.807) is 0 Å². The quantitative estimate of drug-likeness (QED) is 0.864. The molecule has 2 N–H and O–H groups in total. The number of hydrogen-bond donors (Lipinski definition) is 1. The van der Waals surface area contributed by atoms with E-state index in [0.717, 1.165) is 13.0 Å². The van der Waals surface area contributed by atoms with Crippen LogP contribution in [0.3, 0.4) is 0 Å². The van der Waals surface area contributed by atoms with Crippen LogP contribution >= 0.6 is 15.9 Å². The zero-order valence-electron chi connectivity index (χ0n) is 12.8. The van der Waals surface area contributed by atoms with Crippen molar-refractivity contribution in [3.05, 3.63) is 28.2 Å². The van der Waals surface area contributed by atoms with Crippen molar-refractivity contribution in [1.82, 2.24) is 4.90 Å². The molecule has 0 spiro atoms. The van der Waals surface area contributed by atoms with Gasteiger partial charge in [0, 0.05) is 23.6 Å². The zero-order valence-corrected chi connectivity index (χ0v) is 14.4. The van der Waals surface area contributed by atoms with Crippen LogP contribution in [0.1, 0.15) is 24.8 Å². The summed E-state index contributed by atoms with van der Waals surface area (Å²) in [6.45, 7) is 1.78. The summed E-state index contributed by atoms with van der Waals surface area (Å²) in [6, 6.07) is 6.59. The highest BCUT2D eigenvalue weighted by Gasteiger charge is 2.40.